The highest BCUT2D eigenvalue weighted by atomic mass is 35.5. The van der Waals surface area contributed by atoms with Gasteiger partial charge in [0, 0.05) is 13.0 Å². The summed E-state index contributed by atoms with van der Waals surface area (Å²) in [4.78, 5) is 11.8. The first-order valence-electron chi connectivity index (χ1n) is 7.82. The molecule has 2 N–H and O–H groups in total. The monoisotopic (exact) mass is 403 g/mol. The molecule has 0 aliphatic carbocycles. The normalized spacial score (nSPS) is 11.9. The number of aliphatic hydroxyl groups excluding tert-OH is 1. The Morgan fingerprint density at radius 3 is 2.69 bits per heavy atom. The van der Waals surface area contributed by atoms with Crippen LogP contribution in [0.3, 0.4) is 0 Å². The zero-order valence-electron chi connectivity index (χ0n) is 13.6. The SMILES string of the molecule is O=C(CCc1ccc(F)c(F)c1)NCC(O)COc1cccc(Cl)c1Cl. The quantitative estimate of drug-likeness (QED) is 0.705. The number of nitrogens with one attached hydrogen (secondary N) is 1. The Hall–Kier alpha value is -1.89. The van der Waals surface area contributed by atoms with E-state index < -0.39 is 17.7 Å². The summed E-state index contributed by atoms with van der Waals surface area (Å²) in [6.07, 6.45) is -0.607. The summed E-state index contributed by atoms with van der Waals surface area (Å²) in [5.41, 5.74) is 0.513. The summed E-state index contributed by atoms with van der Waals surface area (Å²) in [6.45, 7) is -0.0989. The number of ether oxygens (including phenoxy) is 1. The van der Waals surface area contributed by atoms with Crippen LogP contribution in [0.25, 0.3) is 0 Å². The maximum atomic E-state index is 13.1. The van der Waals surface area contributed by atoms with Gasteiger partial charge in [-0.05, 0) is 36.2 Å². The molecule has 1 atom stereocenters. The summed E-state index contributed by atoms with van der Waals surface area (Å²) in [6, 6.07) is 8.38. The molecule has 0 bridgehead atoms. The van der Waals surface area contributed by atoms with Crippen LogP contribution in [0.5, 0.6) is 5.75 Å². The number of rotatable bonds is 8. The van der Waals surface area contributed by atoms with Crippen molar-refractivity contribution in [1.82, 2.24) is 5.32 Å². The van der Waals surface area contributed by atoms with Crippen molar-refractivity contribution in [2.45, 2.75) is 18.9 Å². The lowest BCUT2D eigenvalue weighted by Crippen LogP contribution is -2.35. The third-order valence-electron chi connectivity index (χ3n) is 3.51. The summed E-state index contributed by atoms with van der Waals surface area (Å²) in [5, 5.41) is 13.0. The van der Waals surface area contributed by atoms with Gasteiger partial charge in [0.1, 0.15) is 23.5 Å². The smallest absolute Gasteiger partial charge is 0.220 e. The Morgan fingerprint density at radius 1 is 1.19 bits per heavy atom. The van der Waals surface area contributed by atoms with Crippen LogP contribution in [0.2, 0.25) is 10.0 Å². The van der Waals surface area contributed by atoms with Gasteiger partial charge in [0.15, 0.2) is 11.6 Å². The molecule has 140 valence electrons. The van der Waals surface area contributed by atoms with Gasteiger partial charge in [0.25, 0.3) is 0 Å². The fourth-order valence-corrected chi connectivity index (χ4v) is 2.46. The van der Waals surface area contributed by atoms with Crippen LogP contribution < -0.4 is 10.1 Å². The van der Waals surface area contributed by atoms with Crippen LogP contribution in [0.15, 0.2) is 36.4 Å². The third kappa shape index (κ3) is 6.12. The number of aryl methyl sites for hydroxylation is 1. The van der Waals surface area contributed by atoms with Crippen LogP contribution in [-0.2, 0) is 11.2 Å². The molecule has 2 aromatic rings. The number of hydrogen-bond donors (Lipinski definition) is 2. The van der Waals surface area contributed by atoms with Gasteiger partial charge in [0.2, 0.25) is 5.91 Å². The highest BCUT2D eigenvalue weighted by Gasteiger charge is 2.11. The molecule has 0 aliphatic rings. The first-order valence-corrected chi connectivity index (χ1v) is 8.58. The van der Waals surface area contributed by atoms with E-state index in [4.69, 9.17) is 27.9 Å². The van der Waals surface area contributed by atoms with Crippen molar-refractivity contribution in [2.24, 2.45) is 0 Å². The second-order valence-corrected chi connectivity index (χ2v) is 6.35. The molecule has 26 heavy (non-hydrogen) atoms. The standard InChI is InChI=1S/C18H17Cl2F2NO3/c19-13-2-1-3-16(18(13)20)26-10-12(24)9-23-17(25)7-5-11-4-6-14(21)15(22)8-11/h1-4,6,8,12,24H,5,7,9-10H2,(H,23,25). The first kappa shape index (κ1) is 20.4. The molecule has 0 saturated heterocycles. The molecule has 1 unspecified atom stereocenters. The van der Waals surface area contributed by atoms with Gasteiger partial charge in [-0.2, -0.15) is 0 Å². The molecule has 0 aliphatic heterocycles. The fourth-order valence-electron chi connectivity index (χ4n) is 2.11. The lowest BCUT2D eigenvalue weighted by molar-refractivity contribution is -0.121. The van der Waals surface area contributed by atoms with Gasteiger partial charge in [-0.25, -0.2) is 8.78 Å². The van der Waals surface area contributed by atoms with Crippen molar-refractivity contribution in [3.63, 3.8) is 0 Å². The van der Waals surface area contributed by atoms with E-state index >= 15 is 0 Å². The van der Waals surface area contributed by atoms with Gasteiger partial charge < -0.3 is 15.2 Å². The second kappa shape index (κ2) is 9.71. The minimum absolute atomic E-state index is 0.0191. The molecule has 0 heterocycles. The molecule has 0 saturated carbocycles. The molecule has 0 fully saturated rings. The van der Waals surface area contributed by atoms with E-state index in [0.29, 0.717) is 16.3 Å². The average molecular weight is 404 g/mol. The Bertz CT molecular complexity index is 774. The molecular weight excluding hydrogens is 387 g/mol. The Balaban J connectivity index is 1.71. The zero-order chi connectivity index (χ0) is 19.1. The lowest BCUT2D eigenvalue weighted by atomic mass is 10.1. The number of hydrogen-bond acceptors (Lipinski definition) is 3. The summed E-state index contributed by atoms with van der Waals surface area (Å²) >= 11 is 11.8. The van der Waals surface area contributed by atoms with Crippen LogP contribution >= 0.6 is 23.2 Å². The van der Waals surface area contributed by atoms with Crippen molar-refractivity contribution >= 4 is 29.1 Å². The molecule has 0 aromatic heterocycles. The minimum atomic E-state index is -0.949. The van der Waals surface area contributed by atoms with Gasteiger partial charge in [-0.15, -0.1) is 0 Å². The van der Waals surface area contributed by atoms with Crippen molar-refractivity contribution in [3.05, 3.63) is 63.6 Å². The number of carbonyl (C=O) groups is 1. The number of aliphatic hydroxyl groups is 1. The van der Waals surface area contributed by atoms with E-state index in [-0.39, 0.29) is 36.9 Å². The Kier molecular flexibility index (Phi) is 7.63. The van der Waals surface area contributed by atoms with E-state index in [0.717, 1.165) is 12.1 Å². The summed E-state index contributed by atoms with van der Waals surface area (Å²) < 4.78 is 31.3. The van der Waals surface area contributed by atoms with Crippen molar-refractivity contribution < 1.29 is 23.4 Å². The molecule has 2 rings (SSSR count). The molecule has 4 nitrogen and oxygen atoms in total. The van der Waals surface area contributed by atoms with Gasteiger partial charge in [0.05, 0.1) is 5.02 Å². The van der Waals surface area contributed by atoms with Crippen molar-refractivity contribution in [3.8, 4) is 5.75 Å². The van der Waals surface area contributed by atoms with Gasteiger partial charge in [-0.3, -0.25) is 4.79 Å². The number of carbonyl (C=O) groups excluding carboxylic acids is 1. The highest BCUT2D eigenvalue weighted by Crippen LogP contribution is 2.31. The average Bonchev–Trinajstić information content (AvgIpc) is 2.62. The lowest BCUT2D eigenvalue weighted by Gasteiger charge is -2.14. The summed E-state index contributed by atoms with van der Waals surface area (Å²) in [7, 11) is 0. The fraction of sp³-hybridized carbons (Fsp3) is 0.278. The predicted octanol–water partition coefficient (Wildman–Crippen LogP) is 3.76. The molecule has 8 heteroatoms. The van der Waals surface area contributed by atoms with E-state index in [1.165, 1.54) is 6.07 Å². The molecule has 0 radical (unpaired) electrons. The van der Waals surface area contributed by atoms with Crippen molar-refractivity contribution in [1.29, 1.82) is 0 Å². The maximum absolute atomic E-state index is 13.1. The Labute approximate surface area is 159 Å². The second-order valence-electron chi connectivity index (χ2n) is 5.57. The number of amides is 1. The molecule has 0 spiro atoms. The van der Waals surface area contributed by atoms with Crippen LogP contribution in [0.4, 0.5) is 8.78 Å². The van der Waals surface area contributed by atoms with E-state index in [1.807, 2.05) is 0 Å². The van der Waals surface area contributed by atoms with Gasteiger partial charge in [-0.1, -0.05) is 35.3 Å². The van der Waals surface area contributed by atoms with Crippen LogP contribution in [0, 0.1) is 11.6 Å². The summed E-state index contributed by atoms with van der Waals surface area (Å²) in [5.74, 6) is -1.87. The van der Waals surface area contributed by atoms with E-state index in [2.05, 4.69) is 5.32 Å². The Morgan fingerprint density at radius 2 is 1.96 bits per heavy atom. The maximum Gasteiger partial charge on any atom is 0.220 e. The minimum Gasteiger partial charge on any atom is -0.489 e. The third-order valence-corrected chi connectivity index (χ3v) is 4.31. The topological polar surface area (TPSA) is 58.6 Å². The zero-order valence-corrected chi connectivity index (χ0v) is 15.2. The first-order chi connectivity index (χ1) is 12.4. The van der Waals surface area contributed by atoms with Crippen LogP contribution in [0.1, 0.15) is 12.0 Å². The number of benzene rings is 2. The predicted molar refractivity (Wildman–Crippen MR) is 95.7 cm³/mol. The molecule has 2 aromatic carbocycles. The molecular formula is C18H17Cl2F2NO3. The van der Waals surface area contributed by atoms with Gasteiger partial charge >= 0.3 is 0 Å². The van der Waals surface area contributed by atoms with E-state index in [1.54, 1.807) is 18.2 Å². The van der Waals surface area contributed by atoms with E-state index in [9.17, 15) is 18.7 Å². The molecule has 1 amide bonds. The van der Waals surface area contributed by atoms with Crippen LogP contribution in [-0.4, -0.2) is 30.3 Å². The largest absolute Gasteiger partial charge is 0.489 e. The number of halogens is 4. The van der Waals surface area contributed by atoms with Crippen molar-refractivity contribution in [2.75, 3.05) is 13.2 Å². The highest BCUT2D eigenvalue weighted by molar-refractivity contribution is 6.42.